The van der Waals surface area contributed by atoms with Crippen LogP contribution in [-0.2, 0) is 6.61 Å². The van der Waals surface area contributed by atoms with Crippen molar-refractivity contribution >= 4 is 6.01 Å². The Labute approximate surface area is 96.3 Å². The Hall–Kier alpha value is -1.03. The van der Waals surface area contributed by atoms with E-state index in [9.17, 15) is 0 Å². The molecular formula is C12H20N2O2. The topological polar surface area (TPSA) is 49.5 Å². The van der Waals surface area contributed by atoms with Crippen molar-refractivity contribution in [3.8, 4) is 0 Å². The molecule has 1 N–H and O–H groups in total. The Morgan fingerprint density at radius 1 is 1.50 bits per heavy atom. The molecule has 0 unspecified atom stereocenters. The van der Waals surface area contributed by atoms with Crippen molar-refractivity contribution in [3.05, 3.63) is 12.0 Å². The minimum absolute atomic E-state index is 0.0458. The van der Waals surface area contributed by atoms with Gasteiger partial charge in [0.15, 0.2) is 0 Å². The Morgan fingerprint density at radius 3 is 2.81 bits per heavy atom. The number of rotatable bonds is 4. The Kier molecular flexibility index (Phi) is 3.83. The van der Waals surface area contributed by atoms with E-state index in [1.54, 1.807) is 0 Å². The molecule has 0 spiro atoms. The van der Waals surface area contributed by atoms with Crippen LogP contribution in [-0.4, -0.2) is 23.2 Å². The van der Waals surface area contributed by atoms with E-state index in [2.05, 4.69) is 16.8 Å². The Morgan fingerprint density at radius 2 is 2.25 bits per heavy atom. The molecule has 2 heterocycles. The Balaban J connectivity index is 1.88. The summed E-state index contributed by atoms with van der Waals surface area (Å²) in [6.07, 6.45) is 6.60. The van der Waals surface area contributed by atoms with Gasteiger partial charge in [0, 0.05) is 13.1 Å². The molecule has 1 aliphatic rings. The minimum atomic E-state index is -0.0458. The zero-order chi connectivity index (χ0) is 11.4. The number of aliphatic hydroxyl groups is 1. The molecule has 1 saturated heterocycles. The summed E-state index contributed by atoms with van der Waals surface area (Å²) < 4.78 is 5.35. The van der Waals surface area contributed by atoms with E-state index in [0.717, 1.165) is 19.0 Å². The van der Waals surface area contributed by atoms with Crippen LogP contribution in [0.5, 0.6) is 0 Å². The fourth-order valence-electron chi connectivity index (χ4n) is 2.34. The lowest BCUT2D eigenvalue weighted by Crippen LogP contribution is -2.33. The number of nitrogens with zero attached hydrogens (tertiary/aromatic N) is 2. The predicted molar refractivity (Wildman–Crippen MR) is 62.3 cm³/mol. The van der Waals surface area contributed by atoms with Gasteiger partial charge in [-0.15, -0.1) is 0 Å². The van der Waals surface area contributed by atoms with E-state index >= 15 is 0 Å². The molecule has 0 saturated carbocycles. The lowest BCUT2D eigenvalue weighted by atomic mass is 9.93. The molecule has 1 aliphatic heterocycles. The SMILES string of the molecule is CCCC1CCN(c2nc(CO)co2)CC1. The summed E-state index contributed by atoms with van der Waals surface area (Å²) in [7, 11) is 0. The quantitative estimate of drug-likeness (QED) is 0.851. The lowest BCUT2D eigenvalue weighted by Gasteiger charge is -2.30. The van der Waals surface area contributed by atoms with Crippen LogP contribution in [0, 0.1) is 5.92 Å². The van der Waals surface area contributed by atoms with Crippen LogP contribution in [0.1, 0.15) is 38.3 Å². The van der Waals surface area contributed by atoms with Crippen LogP contribution in [0.15, 0.2) is 10.7 Å². The average molecular weight is 224 g/mol. The molecule has 1 fully saturated rings. The van der Waals surface area contributed by atoms with Gasteiger partial charge in [0.25, 0.3) is 6.01 Å². The molecule has 16 heavy (non-hydrogen) atoms. The molecule has 0 radical (unpaired) electrons. The van der Waals surface area contributed by atoms with E-state index in [0.29, 0.717) is 11.7 Å². The van der Waals surface area contributed by atoms with Gasteiger partial charge in [-0.1, -0.05) is 19.8 Å². The predicted octanol–water partition coefficient (Wildman–Crippen LogP) is 2.18. The second-order valence-corrected chi connectivity index (χ2v) is 4.50. The maximum atomic E-state index is 8.92. The molecule has 0 atom stereocenters. The van der Waals surface area contributed by atoms with Gasteiger partial charge in [0.1, 0.15) is 12.0 Å². The van der Waals surface area contributed by atoms with Gasteiger partial charge in [0.2, 0.25) is 0 Å². The van der Waals surface area contributed by atoms with Crippen LogP contribution < -0.4 is 4.90 Å². The van der Waals surface area contributed by atoms with Crippen molar-refractivity contribution in [2.24, 2.45) is 5.92 Å². The summed E-state index contributed by atoms with van der Waals surface area (Å²) in [5.41, 5.74) is 0.616. The van der Waals surface area contributed by atoms with Gasteiger partial charge in [-0.25, -0.2) is 0 Å². The first kappa shape index (κ1) is 11.5. The molecule has 0 amide bonds. The van der Waals surface area contributed by atoms with Crippen LogP contribution in [0.4, 0.5) is 6.01 Å². The summed E-state index contributed by atoms with van der Waals surface area (Å²) >= 11 is 0. The molecule has 2 rings (SSSR count). The van der Waals surface area contributed by atoms with Crippen LogP contribution >= 0.6 is 0 Å². The zero-order valence-electron chi connectivity index (χ0n) is 9.85. The number of piperidine rings is 1. The van der Waals surface area contributed by atoms with Gasteiger partial charge < -0.3 is 14.4 Å². The standard InChI is InChI=1S/C12H20N2O2/c1-2-3-10-4-6-14(7-5-10)12-13-11(8-15)9-16-12/h9-10,15H,2-8H2,1H3. The molecule has 1 aromatic heterocycles. The highest BCUT2D eigenvalue weighted by Gasteiger charge is 2.21. The van der Waals surface area contributed by atoms with Crippen LogP contribution in [0.3, 0.4) is 0 Å². The summed E-state index contributed by atoms with van der Waals surface area (Å²) in [6.45, 7) is 4.25. The smallest absolute Gasteiger partial charge is 0.297 e. The largest absolute Gasteiger partial charge is 0.432 e. The molecule has 0 aliphatic carbocycles. The minimum Gasteiger partial charge on any atom is -0.432 e. The lowest BCUT2D eigenvalue weighted by molar-refractivity contribution is 0.276. The first-order chi connectivity index (χ1) is 7.83. The van der Waals surface area contributed by atoms with Gasteiger partial charge in [-0.3, -0.25) is 0 Å². The van der Waals surface area contributed by atoms with Crippen molar-refractivity contribution in [1.82, 2.24) is 4.98 Å². The third-order valence-electron chi connectivity index (χ3n) is 3.28. The van der Waals surface area contributed by atoms with Crippen molar-refractivity contribution in [2.75, 3.05) is 18.0 Å². The van der Waals surface area contributed by atoms with E-state index < -0.39 is 0 Å². The van der Waals surface area contributed by atoms with Gasteiger partial charge in [-0.05, 0) is 18.8 Å². The number of aromatic nitrogens is 1. The highest BCUT2D eigenvalue weighted by Crippen LogP contribution is 2.25. The summed E-state index contributed by atoms with van der Waals surface area (Å²) in [5.74, 6) is 0.869. The zero-order valence-corrected chi connectivity index (χ0v) is 9.85. The summed E-state index contributed by atoms with van der Waals surface area (Å²) in [4.78, 5) is 6.40. The molecule has 1 aromatic rings. The number of oxazole rings is 1. The normalized spacial score (nSPS) is 18.0. The van der Waals surface area contributed by atoms with E-state index in [1.807, 2.05) is 0 Å². The number of hydrogen-bond acceptors (Lipinski definition) is 4. The Bertz CT molecular complexity index is 317. The fraction of sp³-hybridized carbons (Fsp3) is 0.750. The average Bonchev–Trinajstić information content (AvgIpc) is 2.79. The van der Waals surface area contributed by atoms with Crippen molar-refractivity contribution in [1.29, 1.82) is 0 Å². The maximum absolute atomic E-state index is 8.92. The molecule has 0 bridgehead atoms. The fourth-order valence-corrected chi connectivity index (χ4v) is 2.34. The van der Waals surface area contributed by atoms with Gasteiger partial charge in [-0.2, -0.15) is 4.98 Å². The van der Waals surface area contributed by atoms with E-state index in [1.165, 1.54) is 31.9 Å². The van der Waals surface area contributed by atoms with Gasteiger partial charge >= 0.3 is 0 Å². The van der Waals surface area contributed by atoms with E-state index in [4.69, 9.17) is 9.52 Å². The molecule has 0 aromatic carbocycles. The highest BCUT2D eigenvalue weighted by atomic mass is 16.4. The molecule has 90 valence electrons. The summed E-state index contributed by atoms with van der Waals surface area (Å²) in [5, 5.41) is 8.92. The molecule has 4 heteroatoms. The van der Waals surface area contributed by atoms with Crippen LogP contribution in [0.25, 0.3) is 0 Å². The molecule has 4 nitrogen and oxygen atoms in total. The first-order valence-electron chi connectivity index (χ1n) is 6.13. The third kappa shape index (κ3) is 2.55. The van der Waals surface area contributed by atoms with Crippen LogP contribution in [0.2, 0.25) is 0 Å². The summed E-state index contributed by atoms with van der Waals surface area (Å²) in [6, 6.07) is 0.666. The first-order valence-corrected chi connectivity index (χ1v) is 6.13. The highest BCUT2D eigenvalue weighted by molar-refractivity contribution is 5.27. The van der Waals surface area contributed by atoms with E-state index in [-0.39, 0.29) is 6.61 Å². The number of aliphatic hydroxyl groups excluding tert-OH is 1. The van der Waals surface area contributed by atoms with Crippen molar-refractivity contribution in [3.63, 3.8) is 0 Å². The molecular weight excluding hydrogens is 204 g/mol. The maximum Gasteiger partial charge on any atom is 0.297 e. The number of hydrogen-bond donors (Lipinski definition) is 1. The number of anilines is 1. The second-order valence-electron chi connectivity index (χ2n) is 4.50. The third-order valence-corrected chi connectivity index (χ3v) is 3.28. The second kappa shape index (κ2) is 5.34. The monoisotopic (exact) mass is 224 g/mol. The van der Waals surface area contributed by atoms with Crippen molar-refractivity contribution in [2.45, 2.75) is 39.2 Å². The van der Waals surface area contributed by atoms with Crippen molar-refractivity contribution < 1.29 is 9.52 Å². The van der Waals surface area contributed by atoms with Gasteiger partial charge in [0.05, 0.1) is 6.61 Å².